The number of carboxylic acids is 1. The van der Waals surface area contributed by atoms with E-state index in [1.807, 2.05) is 0 Å². The zero-order chi connectivity index (χ0) is 15.6. The number of rotatable bonds is 4. The summed E-state index contributed by atoms with van der Waals surface area (Å²) in [6.45, 7) is -3.12. The van der Waals surface area contributed by atoms with Crippen LogP contribution in [0.4, 0.5) is 13.2 Å². The molecule has 2 aromatic carbocycles. The lowest BCUT2D eigenvalue weighted by Gasteiger charge is -2.10. The van der Waals surface area contributed by atoms with Crippen LogP contribution in [-0.2, 0) is 0 Å². The van der Waals surface area contributed by atoms with Gasteiger partial charge in [0.25, 0.3) is 0 Å². The van der Waals surface area contributed by atoms with Gasteiger partial charge in [-0.05, 0) is 29.8 Å². The number of halogens is 4. The summed E-state index contributed by atoms with van der Waals surface area (Å²) in [4.78, 5) is 11.0. The maximum absolute atomic E-state index is 13.9. The molecule has 0 amide bonds. The molecule has 0 atom stereocenters. The second-order valence-electron chi connectivity index (χ2n) is 4.03. The highest BCUT2D eigenvalue weighted by atomic mass is 35.5. The van der Waals surface area contributed by atoms with Crippen LogP contribution in [0.3, 0.4) is 0 Å². The van der Waals surface area contributed by atoms with Crippen molar-refractivity contribution in [3.63, 3.8) is 0 Å². The molecule has 0 aromatic heterocycles. The van der Waals surface area contributed by atoms with Crippen molar-refractivity contribution in [1.29, 1.82) is 0 Å². The lowest BCUT2D eigenvalue weighted by Crippen LogP contribution is -2.04. The van der Waals surface area contributed by atoms with Crippen molar-refractivity contribution in [2.45, 2.75) is 6.61 Å². The Kier molecular flexibility index (Phi) is 4.37. The fourth-order valence-corrected chi connectivity index (χ4v) is 1.95. The summed E-state index contributed by atoms with van der Waals surface area (Å²) in [5.41, 5.74) is -0.238. The second kappa shape index (κ2) is 6.05. The van der Waals surface area contributed by atoms with Crippen LogP contribution in [0.1, 0.15) is 10.4 Å². The van der Waals surface area contributed by atoms with Gasteiger partial charge in [-0.25, -0.2) is 9.18 Å². The maximum atomic E-state index is 13.9. The quantitative estimate of drug-likeness (QED) is 0.906. The van der Waals surface area contributed by atoms with E-state index < -0.39 is 18.4 Å². The molecule has 2 rings (SSSR count). The lowest BCUT2D eigenvalue weighted by atomic mass is 10.0. The zero-order valence-corrected chi connectivity index (χ0v) is 11.1. The zero-order valence-electron chi connectivity index (χ0n) is 10.3. The van der Waals surface area contributed by atoms with Crippen LogP contribution in [0.5, 0.6) is 5.75 Å². The van der Waals surface area contributed by atoms with Gasteiger partial charge in [0, 0.05) is 5.56 Å². The van der Waals surface area contributed by atoms with Gasteiger partial charge in [-0.1, -0.05) is 23.7 Å². The Balaban J connectivity index is 2.59. The molecule has 3 nitrogen and oxygen atoms in total. The summed E-state index contributed by atoms with van der Waals surface area (Å²) in [5, 5.41) is 8.81. The summed E-state index contributed by atoms with van der Waals surface area (Å²) in [7, 11) is 0. The van der Waals surface area contributed by atoms with Gasteiger partial charge in [-0.2, -0.15) is 8.78 Å². The fraction of sp³-hybridized carbons (Fsp3) is 0.0714. The Morgan fingerprint density at radius 2 is 1.95 bits per heavy atom. The van der Waals surface area contributed by atoms with Gasteiger partial charge in [0.05, 0.1) is 10.6 Å². The summed E-state index contributed by atoms with van der Waals surface area (Å²) in [6, 6.07) is 7.33. The minimum Gasteiger partial charge on any atom is -0.478 e. The molecule has 0 saturated heterocycles. The molecule has 0 radical (unpaired) electrons. The number of benzene rings is 2. The van der Waals surface area contributed by atoms with Crippen molar-refractivity contribution in [3.05, 3.63) is 52.8 Å². The average Bonchev–Trinajstić information content (AvgIpc) is 2.40. The number of carbonyl (C=O) groups is 1. The van der Waals surface area contributed by atoms with E-state index in [4.69, 9.17) is 16.7 Å². The smallest absolute Gasteiger partial charge is 0.387 e. The minimum absolute atomic E-state index is 0.00952. The summed E-state index contributed by atoms with van der Waals surface area (Å²) >= 11 is 5.65. The predicted molar refractivity (Wildman–Crippen MR) is 70.4 cm³/mol. The van der Waals surface area contributed by atoms with E-state index >= 15 is 0 Å². The first-order valence-corrected chi connectivity index (χ1v) is 6.04. The van der Waals surface area contributed by atoms with Crippen LogP contribution in [0.2, 0.25) is 5.02 Å². The number of aromatic carboxylic acids is 1. The largest absolute Gasteiger partial charge is 0.478 e. The molecule has 0 bridgehead atoms. The highest BCUT2D eigenvalue weighted by molar-refractivity contribution is 6.31. The Bertz CT molecular complexity index is 689. The van der Waals surface area contributed by atoms with Crippen molar-refractivity contribution in [3.8, 4) is 16.9 Å². The number of hydrogen-bond donors (Lipinski definition) is 1. The molecule has 7 heteroatoms. The molecule has 0 saturated carbocycles. The van der Waals surface area contributed by atoms with E-state index in [9.17, 15) is 18.0 Å². The SMILES string of the molecule is O=C(O)c1cc(OC(F)F)cc(-c2cccc(Cl)c2F)c1. The number of ether oxygens (including phenoxy) is 1. The highest BCUT2D eigenvalue weighted by Gasteiger charge is 2.15. The van der Waals surface area contributed by atoms with E-state index in [0.29, 0.717) is 0 Å². The molecule has 2 aromatic rings. The van der Waals surface area contributed by atoms with E-state index in [2.05, 4.69) is 4.74 Å². The van der Waals surface area contributed by atoms with Crippen LogP contribution >= 0.6 is 11.6 Å². The third-order valence-electron chi connectivity index (χ3n) is 2.64. The van der Waals surface area contributed by atoms with Gasteiger partial charge in [0.1, 0.15) is 11.6 Å². The van der Waals surface area contributed by atoms with Crippen LogP contribution in [-0.4, -0.2) is 17.7 Å². The first-order chi connectivity index (χ1) is 9.88. The number of carboxylic acid groups (broad SMARTS) is 1. The molecule has 0 aliphatic carbocycles. The molecule has 0 spiro atoms. The Hall–Kier alpha value is -2.21. The number of hydrogen-bond acceptors (Lipinski definition) is 2. The monoisotopic (exact) mass is 316 g/mol. The highest BCUT2D eigenvalue weighted by Crippen LogP contribution is 2.31. The van der Waals surface area contributed by atoms with Gasteiger partial charge in [0.15, 0.2) is 0 Å². The standard InChI is InChI=1S/C14H8ClF3O3/c15-11-3-1-2-10(12(11)16)7-4-8(13(19)20)6-9(5-7)21-14(17)18/h1-6,14H,(H,19,20). The fourth-order valence-electron chi connectivity index (χ4n) is 1.78. The van der Waals surface area contributed by atoms with Crippen molar-refractivity contribution in [2.24, 2.45) is 0 Å². The van der Waals surface area contributed by atoms with Gasteiger partial charge in [0.2, 0.25) is 0 Å². The van der Waals surface area contributed by atoms with Gasteiger partial charge in [-0.3, -0.25) is 0 Å². The van der Waals surface area contributed by atoms with E-state index in [-0.39, 0.29) is 27.5 Å². The summed E-state index contributed by atoms with van der Waals surface area (Å²) < 4.78 is 42.7. The van der Waals surface area contributed by atoms with E-state index in [0.717, 1.165) is 18.2 Å². The van der Waals surface area contributed by atoms with Crippen molar-refractivity contribution in [1.82, 2.24) is 0 Å². The third kappa shape index (κ3) is 3.46. The van der Waals surface area contributed by atoms with E-state index in [1.165, 1.54) is 18.2 Å². The summed E-state index contributed by atoms with van der Waals surface area (Å²) in [5.74, 6) is -2.50. The number of alkyl halides is 2. The summed E-state index contributed by atoms with van der Waals surface area (Å²) in [6.07, 6.45) is 0. The van der Waals surface area contributed by atoms with Crippen LogP contribution in [0.15, 0.2) is 36.4 Å². The first-order valence-electron chi connectivity index (χ1n) is 5.66. The van der Waals surface area contributed by atoms with Crippen molar-refractivity contribution < 1.29 is 27.8 Å². The molecule has 110 valence electrons. The first kappa shape index (κ1) is 15.2. The molecule has 0 fully saturated rings. The van der Waals surface area contributed by atoms with Crippen molar-refractivity contribution >= 4 is 17.6 Å². The van der Waals surface area contributed by atoms with Gasteiger partial charge >= 0.3 is 12.6 Å². The maximum Gasteiger partial charge on any atom is 0.387 e. The second-order valence-corrected chi connectivity index (χ2v) is 4.44. The Morgan fingerprint density at radius 1 is 1.24 bits per heavy atom. The average molecular weight is 317 g/mol. The van der Waals surface area contributed by atoms with Crippen LogP contribution in [0, 0.1) is 5.82 Å². The lowest BCUT2D eigenvalue weighted by molar-refractivity contribution is -0.0498. The van der Waals surface area contributed by atoms with Gasteiger partial charge in [-0.15, -0.1) is 0 Å². The molecule has 0 heterocycles. The Morgan fingerprint density at radius 3 is 2.57 bits per heavy atom. The van der Waals surface area contributed by atoms with E-state index in [1.54, 1.807) is 0 Å². The van der Waals surface area contributed by atoms with Crippen LogP contribution in [0.25, 0.3) is 11.1 Å². The minimum atomic E-state index is -3.12. The topological polar surface area (TPSA) is 46.5 Å². The predicted octanol–water partition coefficient (Wildman–Crippen LogP) is 4.45. The molecule has 0 aliphatic rings. The molecule has 0 unspecified atom stereocenters. The normalized spacial score (nSPS) is 10.7. The Labute approximate surface area is 122 Å². The van der Waals surface area contributed by atoms with Crippen LogP contribution < -0.4 is 4.74 Å². The molecule has 1 N–H and O–H groups in total. The molecular weight excluding hydrogens is 309 g/mol. The molecule has 21 heavy (non-hydrogen) atoms. The van der Waals surface area contributed by atoms with Crippen molar-refractivity contribution in [2.75, 3.05) is 0 Å². The molecule has 0 aliphatic heterocycles. The molecular formula is C14H8ClF3O3. The third-order valence-corrected chi connectivity index (χ3v) is 2.93. The van der Waals surface area contributed by atoms with Gasteiger partial charge < -0.3 is 9.84 Å².